The molecule has 0 saturated carbocycles. The Hall–Kier alpha value is -3.63. The molecular weight excluding hydrogens is 578 g/mol. The summed E-state index contributed by atoms with van der Waals surface area (Å²) in [7, 11) is 3.22. The highest BCUT2D eigenvalue weighted by Crippen LogP contribution is 2.31. The number of benzene rings is 3. The summed E-state index contributed by atoms with van der Waals surface area (Å²) in [6.07, 6.45) is 1.55. The first kappa shape index (κ1) is 28.4. The molecule has 0 bridgehead atoms. The number of rotatable bonds is 9. The number of hydrogen-bond acceptors (Lipinski definition) is 7. The molecule has 8 nitrogen and oxygen atoms in total. The molecule has 0 unspecified atom stereocenters. The predicted octanol–water partition coefficient (Wildman–Crippen LogP) is 6.25. The second-order valence-corrected chi connectivity index (χ2v) is 11.5. The van der Waals surface area contributed by atoms with Crippen LogP contribution in [0.5, 0.6) is 11.5 Å². The zero-order valence-electron chi connectivity index (χ0n) is 22.4. The Morgan fingerprint density at radius 1 is 1.03 bits per heavy atom. The van der Waals surface area contributed by atoms with E-state index in [0.717, 1.165) is 27.0 Å². The normalized spacial score (nSPS) is 11.5. The van der Waals surface area contributed by atoms with Crippen molar-refractivity contribution in [3.8, 4) is 28.6 Å². The number of aromatic nitrogens is 3. The molecule has 0 aliphatic carbocycles. The van der Waals surface area contributed by atoms with Crippen LogP contribution in [-0.4, -0.2) is 46.9 Å². The predicted molar refractivity (Wildman–Crippen MR) is 159 cm³/mol. The molecule has 10 heteroatoms. The average Bonchev–Trinajstić information content (AvgIpc) is 3.35. The van der Waals surface area contributed by atoms with Crippen molar-refractivity contribution in [2.75, 3.05) is 20.0 Å². The van der Waals surface area contributed by atoms with Gasteiger partial charge in [-0.2, -0.15) is 5.10 Å². The van der Waals surface area contributed by atoms with Crippen molar-refractivity contribution in [3.05, 3.63) is 82.3 Å². The molecule has 1 N–H and O–H groups in total. The summed E-state index contributed by atoms with van der Waals surface area (Å²) in [5.74, 6) is 1.91. The quantitative estimate of drug-likeness (QED) is 0.137. The van der Waals surface area contributed by atoms with Crippen LogP contribution in [0.4, 0.5) is 0 Å². The SMILES string of the molecule is COc1ccc(-n2c(SCC(=O)N/N=C/c3cc(Br)ccc3OC)nnc2-c2ccc(C(C)(C)C)cc2)cc1. The van der Waals surface area contributed by atoms with Crippen molar-refractivity contribution in [2.24, 2.45) is 5.10 Å². The Balaban J connectivity index is 1.55. The number of hydrazone groups is 1. The van der Waals surface area contributed by atoms with Gasteiger partial charge in [-0.25, -0.2) is 5.43 Å². The lowest BCUT2D eigenvalue weighted by atomic mass is 9.87. The lowest BCUT2D eigenvalue weighted by molar-refractivity contribution is -0.118. The molecule has 0 aliphatic heterocycles. The van der Waals surface area contributed by atoms with Crippen LogP contribution in [0, 0.1) is 0 Å². The van der Waals surface area contributed by atoms with E-state index >= 15 is 0 Å². The lowest BCUT2D eigenvalue weighted by Crippen LogP contribution is -2.20. The van der Waals surface area contributed by atoms with Crippen molar-refractivity contribution in [3.63, 3.8) is 0 Å². The molecule has 1 heterocycles. The van der Waals surface area contributed by atoms with Gasteiger partial charge in [-0.05, 0) is 53.4 Å². The van der Waals surface area contributed by atoms with Gasteiger partial charge in [-0.3, -0.25) is 9.36 Å². The number of hydrogen-bond donors (Lipinski definition) is 1. The molecule has 0 aliphatic rings. The van der Waals surface area contributed by atoms with Crippen LogP contribution in [0.15, 0.2) is 81.5 Å². The Bertz CT molecular complexity index is 1460. The molecule has 202 valence electrons. The van der Waals surface area contributed by atoms with E-state index in [1.807, 2.05) is 47.0 Å². The van der Waals surface area contributed by atoms with Gasteiger partial charge in [0, 0.05) is 21.3 Å². The summed E-state index contributed by atoms with van der Waals surface area (Å²) in [6.45, 7) is 6.54. The van der Waals surface area contributed by atoms with Gasteiger partial charge in [0.2, 0.25) is 0 Å². The first-order chi connectivity index (χ1) is 18.7. The van der Waals surface area contributed by atoms with Crippen LogP contribution < -0.4 is 14.9 Å². The van der Waals surface area contributed by atoms with E-state index in [1.54, 1.807) is 20.4 Å². The highest BCUT2D eigenvalue weighted by Gasteiger charge is 2.19. The number of nitrogens with zero attached hydrogens (tertiary/aromatic N) is 4. The third-order valence-corrected chi connectivity index (χ3v) is 7.31. The minimum absolute atomic E-state index is 0.0428. The average molecular weight is 609 g/mol. The van der Waals surface area contributed by atoms with E-state index in [2.05, 4.69) is 81.7 Å². The van der Waals surface area contributed by atoms with Gasteiger partial charge in [-0.1, -0.05) is 72.7 Å². The molecule has 1 amide bonds. The number of halogens is 1. The summed E-state index contributed by atoms with van der Waals surface area (Å²) in [5, 5.41) is 13.6. The molecular formula is C29H30BrN5O3S. The van der Waals surface area contributed by atoms with Crippen molar-refractivity contribution in [1.29, 1.82) is 0 Å². The van der Waals surface area contributed by atoms with Crippen molar-refractivity contribution in [1.82, 2.24) is 20.2 Å². The van der Waals surface area contributed by atoms with Crippen LogP contribution in [0.25, 0.3) is 17.1 Å². The Labute approximate surface area is 241 Å². The first-order valence-electron chi connectivity index (χ1n) is 12.2. The molecule has 0 radical (unpaired) electrons. The molecule has 39 heavy (non-hydrogen) atoms. The van der Waals surface area contributed by atoms with E-state index in [0.29, 0.717) is 16.7 Å². The Kier molecular flexibility index (Phi) is 9.08. The zero-order valence-corrected chi connectivity index (χ0v) is 24.8. The van der Waals surface area contributed by atoms with Gasteiger partial charge in [0.15, 0.2) is 11.0 Å². The van der Waals surface area contributed by atoms with Crippen molar-refractivity contribution in [2.45, 2.75) is 31.3 Å². The Morgan fingerprint density at radius 2 is 1.74 bits per heavy atom. The van der Waals surface area contributed by atoms with Gasteiger partial charge in [0.05, 0.1) is 26.2 Å². The maximum atomic E-state index is 12.6. The fourth-order valence-electron chi connectivity index (χ4n) is 3.78. The van der Waals surface area contributed by atoms with Crippen molar-refractivity contribution >= 4 is 39.8 Å². The lowest BCUT2D eigenvalue weighted by Gasteiger charge is -2.19. The largest absolute Gasteiger partial charge is 0.497 e. The highest BCUT2D eigenvalue weighted by molar-refractivity contribution is 9.10. The summed E-state index contributed by atoms with van der Waals surface area (Å²) in [5.41, 5.74) is 6.37. The van der Waals surface area contributed by atoms with E-state index in [9.17, 15) is 4.79 Å². The molecule has 0 atom stereocenters. The van der Waals surface area contributed by atoms with Gasteiger partial charge in [0.25, 0.3) is 5.91 Å². The van der Waals surface area contributed by atoms with Crippen LogP contribution in [0.1, 0.15) is 31.9 Å². The van der Waals surface area contributed by atoms with Crippen LogP contribution in [0.3, 0.4) is 0 Å². The summed E-state index contributed by atoms with van der Waals surface area (Å²) >= 11 is 4.71. The van der Waals surface area contributed by atoms with E-state index in [1.165, 1.54) is 17.3 Å². The standard InChI is InChI=1S/C29H30BrN5O3S/c1-29(2,3)21-8-6-19(7-9-21)27-33-34-28(35(27)23-11-13-24(37-4)14-12-23)39-18-26(36)32-31-17-20-16-22(30)10-15-25(20)38-5/h6-17H,18H2,1-5H3,(H,32,36)/b31-17+. The van der Waals surface area contributed by atoms with Crippen LogP contribution in [-0.2, 0) is 10.2 Å². The zero-order chi connectivity index (χ0) is 28.0. The van der Waals surface area contributed by atoms with Crippen molar-refractivity contribution < 1.29 is 14.3 Å². The number of thioether (sulfide) groups is 1. The molecule has 0 spiro atoms. The number of amides is 1. The minimum Gasteiger partial charge on any atom is -0.497 e. The first-order valence-corrected chi connectivity index (χ1v) is 14.0. The molecule has 0 fully saturated rings. The fourth-order valence-corrected chi connectivity index (χ4v) is 4.90. The smallest absolute Gasteiger partial charge is 0.250 e. The number of carbonyl (C=O) groups excluding carboxylic acids is 1. The van der Waals surface area contributed by atoms with Gasteiger partial charge in [-0.15, -0.1) is 10.2 Å². The van der Waals surface area contributed by atoms with Crippen LogP contribution in [0.2, 0.25) is 0 Å². The van der Waals surface area contributed by atoms with E-state index in [4.69, 9.17) is 9.47 Å². The fraction of sp³-hybridized carbons (Fsp3) is 0.241. The van der Waals surface area contributed by atoms with Gasteiger partial charge >= 0.3 is 0 Å². The number of methoxy groups -OCH3 is 2. The van der Waals surface area contributed by atoms with Gasteiger partial charge < -0.3 is 9.47 Å². The minimum atomic E-state index is -0.273. The summed E-state index contributed by atoms with van der Waals surface area (Å²) in [4.78, 5) is 12.6. The second kappa shape index (κ2) is 12.5. The van der Waals surface area contributed by atoms with E-state index in [-0.39, 0.29) is 17.1 Å². The molecule has 4 aromatic rings. The van der Waals surface area contributed by atoms with Gasteiger partial charge in [0.1, 0.15) is 11.5 Å². The molecule has 1 aromatic heterocycles. The molecule has 3 aromatic carbocycles. The highest BCUT2D eigenvalue weighted by atomic mass is 79.9. The summed E-state index contributed by atoms with van der Waals surface area (Å²) < 4.78 is 13.5. The number of nitrogens with one attached hydrogen (secondary N) is 1. The topological polar surface area (TPSA) is 90.6 Å². The second-order valence-electron chi connectivity index (χ2n) is 9.64. The third kappa shape index (κ3) is 7.07. The Morgan fingerprint density at radius 3 is 2.38 bits per heavy atom. The molecule has 0 saturated heterocycles. The third-order valence-electron chi connectivity index (χ3n) is 5.89. The number of carbonyl (C=O) groups is 1. The number of ether oxygens (including phenoxy) is 2. The van der Waals surface area contributed by atoms with Crippen LogP contribution >= 0.6 is 27.7 Å². The summed E-state index contributed by atoms with van der Waals surface area (Å²) in [6, 6.07) is 21.5. The molecule has 4 rings (SSSR count). The maximum Gasteiger partial charge on any atom is 0.250 e. The maximum absolute atomic E-state index is 12.6. The monoisotopic (exact) mass is 607 g/mol. The van der Waals surface area contributed by atoms with E-state index < -0.39 is 0 Å².